The predicted octanol–water partition coefficient (Wildman–Crippen LogP) is -3.40. The molecule has 0 saturated heterocycles. The van der Waals surface area contributed by atoms with Crippen LogP contribution in [0.25, 0.3) is 0 Å². The molecule has 0 amide bonds. The Hall–Kier alpha value is -0.240. The van der Waals surface area contributed by atoms with Gasteiger partial charge in [-0.25, -0.2) is 0 Å². The summed E-state index contributed by atoms with van der Waals surface area (Å²) in [5, 5.41) is 32.6. The van der Waals surface area contributed by atoms with Crippen molar-refractivity contribution in [3.63, 3.8) is 0 Å². The van der Waals surface area contributed by atoms with E-state index in [1.54, 1.807) is 0 Å². The van der Waals surface area contributed by atoms with E-state index in [9.17, 15) is 0 Å². The molecule has 0 aliphatic rings. The molecule has 0 aromatic rings. The van der Waals surface area contributed by atoms with Gasteiger partial charge in [-0.15, -0.1) is 0 Å². The minimum absolute atomic E-state index is 0.135. The molecule has 0 fully saturated rings. The molecule has 0 rings (SSSR count). The van der Waals surface area contributed by atoms with Crippen molar-refractivity contribution in [2.45, 2.75) is 12.2 Å². The quantitative estimate of drug-likeness (QED) is 0.268. The van der Waals surface area contributed by atoms with Crippen LogP contribution in [0, 0.1) is 0 Å². The molecule has 76 valence electrons. The Bertz CT molecular complexity index is 65.9. The van der Waals surface area contributed by atoms with Gasteiger partial charge in [-0.2, -0.15) is 0 Å². The molecule has 0 aliphatic heterocycles. The van der Waals surface area contributed by atoms with Crippen LogP contribution in [0.2, 0.25) is 0 Å². The smallest absolute Gasteiger partial charge is 0.0892 e. The maximum absolute atomic E-state index is 8.29. The van der Waals surface area contributed by atoms with Gasteiger partial charge in [0.15, 0.2) is 0 Å². The molecule has 0 bridgehead atoms. The van der Waals surface area contributed by atoms with Crippen LogP contribution in [-0.2, 0) is 0 Å². The average molecular weight is 182 g/mol. The molecule has 0 radical (unpaired) electrons. The van der Waals surface area contributed by atoms with E-state index in [2.05, 4.69) is 0 Å². The minimum Gasteiger partial charge on any atom is -0.394 e. The lowest BCUT2D eigenvalue weighted by Gasteiger charge is -1.97. The summed E-state index contributed by atoms with van der Waals surface area (Å²) in [6.07, 6.45) is -1.46. The topological polar surface area (TPSA) is 133 Å². The van der Waals surface area contributed by atoms with Gasteiger partial charge in [0.25, 0.3) is 0 Å². The summed E-state index contributed by atoms with van der Waals surface area (Å²) in [6, 6.07) is 0. The van der Waals surface area contributed by atoms with Crippen molar-refractivity contribution in [2.24, 2.45) is 11.5 Å². The summed E-state index contributed by atoms with van der Waals surface area (Å²) in [6.45, 7) is -0.208. The Kier molecular flexibility index (Phi) is 12.8. The Labute approximate surface area is 71.4 Å². The molecule has 0 aromatic heterocycles. The second-order valence-electron chi connectivity index (χ2n) is 2.14. The van der Waals surface area contributed by atoms with Crippen LogP contribution in [-0.4, -0.2) is 58.9 Å². The number of aliphatic hydroxyl groups is 4. The zero-order valence-electron chi connectivity index (χ0n) is 6.93. The Balaban J connectivity index is 0. The van der Waals surface area contributed by atoms with Crippen molar-refractivity contribution in [1.29, 1.82) is 0 Å². The molecule has 8 N–H and O–H groups in total. The van der Waals surface area contributed by atoms with Gasteiger partial charge in [0.2, 0.25) is 0 Å². The van der Waals surface area contributed by atoms with Gasteiger partial charge >= 0.3 is 0 Å². The fourth-order valence-electron chi connectivity index (χ4n) is 0.149. The molecule has 0 heterocycles. The van der Waals surface area contributed by atoms with Gasteiger partial charge in [-0.3, -0.25) is 0 Å². The molecule has 2 atom stereocenters. The normalized spacial score (nSPS) is 14.5. The SMILES string of the molecule is NCC(O)CO.NCC(O)CO. The summed E-state index contributed by atoms with van der Waals surface area (Å²) in [4.78, 5) is 0. The number of hydrogen-bond acceptors (Lipinski definition) is 6. The highest BCUT2D eigenvalue weighted by Gasteiger charge is 1.93. The Morgan fingerprint density at radius 3 is 1.08 bits per heavy atom. The summed E-state index contributed by atoms with van der Waals surface area (Å²) in [5.74, 6) is 0. The van der Waals surface area contributed by atoms with Gasteiger partial charge in [0.1, 0.15) is 0 Å². The van der Waals surface area contributed by atoms with Gasteiger partial charge in [-0.1, -0.05) is 0 Å². The van der Waals surface area contributed by atoms with E-state index in [1.165, 1.54) is 0 Å². The van der Waals surface area contributed by atoms with E-state index >= 15 is 0 Å². The van der Waals surface area contributed by atoms with Gasteiger partial charge in [-0.05, 0) is 0 Å². The molecule has 12 heavy (non-hydrogen) atoms. The zero-order chi connectivity index (χ0) is 9.98. The van der Waals surface area contributed by atoms with E-state index in [4.69, 9.17) is 31.9 Å². The van der Waals surface area contributed by atoms with E-state index in [-0.39, 0.29) is 26.3 Å². The standard InChI is InChI=1S/2C3H9NO2/c2*4-1-3(6)2-5/h2*3,5-6H,1-2,4H2. The van der Waals surface area contributed by atoms with Crippen LogP contribution >= 0.6 is 0 Å². The summed E-state index contributed by atoms with van der Waals surface area (Å²) >= 11 is 0. The van der Waals surface area contributed by atoms with Crippen LogP contribution < -0.4 is 11.5 Å². The molecule has 0 spiro atoms. The van der Waals surface area contributed by atoms with Crippen LogP contribution in [0.5, 0.6) is 0 Å². The van der Waals surface area contributed by atoms with E-state index in [0.29, 0.717) is 0 Å². The van der Waals surface area contributed by atoms with Gasteiger partial charge in [0.05, 0.1) is 25.4 Å². The first-order valence-corrected chi connectivity index (χ1v) is 3.60. The van der Waals surface area contributed by atoms with Crippen LogP contribution in [0.1, 0.15) is 0 Å². The molecule has 6 heteroatoms. The second kappa shape index (κ2) is 10.8. The summed E-state index contributed by atoms with van der Waals surface area (Å²) in [7, 11) is 0. The van der Waals surface area contributed by atoms with E-state index < -0.39 is 12.2 Å². The van der Waals surface area contributed by atoms with Crippen molar-refractivity contribution in [3.8, 4) is 0 Å². The van der Waals surface area contributed by atoms with Crippen molar-refractivity contribution in [3.05, 3.63) is 0 Å². The highest BCUT2D eigenvalue weighted by atomic mass is 16.3. The molecule has 0 aromatic carbocycles. The van der Waals surface area contributed by atoms with E-state index in [0.717, 1.165) is 0 Å². The van der Waals surface area contributed by atoms with Crippen molar-refractivity contribution < 1.29 is 20.4 Å². The van der Waals surface area contributed by atoms with Crippen LogP contribution in [0.3, 0.4) is 0 Å². The largest absolute Gasteiger partial charge is 0.394 e. The van der Waals surface area contributed by atoms with Gasteiger partial charge in [0, 0.05) is 13.1 Å². The number of nitrogens with two attached hydrogens (primary N) is 2. The second-order valence-corrected chi connectivity index (χ2v) is 2.14. The van der Waals surface area contributed by atoms with E-state index in [1.807, 2.05) is 0 Å². The molecular formula is C6H18N2O4. The Morgan fingerprint density at radius 1 is 0.833 bits per heavy atom. The first-order valence-electron chi connectivity index (χ1n) is 3.60. The Morgan fingerprint density at radius 2 is 1.08 bits per heavy atom. The number of hydrogen-bond donors (Lipinski definition) is 6. The predicted molar refractivity (Wildman–Crippen MR) is 44.3 cm³/mol. The van der Waals surface area contributed by atoms with Gasteiger partial charge < -0.3 is 31.9 Å². The first kappa shape index (κ1) is 14.3. The molecule has 6 nitrogen and oxygen atoms in total. The molecular weight excluding hydrogens is 164 g/mol. The summed E-state index contributed by atoms with van der Waals surface area (Å²) < 4.78 is 0. The number of aliphatic hydroxyl groups excluding tert-OH is 4. The van der Waals surface area contributed by atoms with Crippen molar-refractivity contribution >= 4 is 0 Å². The van der Waals surface area contributed by atoms with Crippen LogP contribution in [0.4, 0.5) is 0 Å². The maximum atomic E-state index is 8.29. The highest BCUT2D eigenvalue weighted by molar-refractivity contribution is 4.48. The molecule has 2 unspecified atom stereocenters. The monoisotopic (exact) mass is 182 g/mol. The third kappa shape index (κ3) is 12.4. The molecule has 0 aliphatic carbocycles. The maximum Gasteiger partial charge on any atom is 0.0892 e. The lowest BCUT2D eigenvalue weighted by Crippen LogP contribution is -2.22. The lowest BCUT2D eigenvalue weighted by atomic mass is 10.4. The van der Waals surface area contributed by atoms with Crippen molar-refractivity contribution in [1.82, 2.24) is 0 Å². The fraction of sp³-hybridized carbons (Fsp3) is 1.00. The third-order valence-electron chi connectivity index (χ3n) is 0.966. The van der Waals surface area contributed by atoms with Crippen molar-refractivity contribution in [2.75, 3.05) is 26.3 Å². The fourth-order valence-corrected chi connectivity index (χ4v) is 0.149. The average Bonchev–Trinajstić information content (AvgIpc) is 2.16. The van der Waals surface area contributed by atoms with Crippen LogP contribution in [0.15, 0.2) is 0 Å². The number of rotatable bonds is 4. The third-order valence-corrected chi connectivity index (χ3v) is 0.966. The minimum atomic E-state index is -0.731. The molecule has 0 saturated carbocycles. The highest BCUT2D eigenvalue weighted by Crippen LogP contribution is 1.69. The first-order chi connectivity index (χ1) is 5.62. The zero-order valence-corrected chi connectivity index (χ0v) is 6.93. The summed E-state index contributed by atoms with van der Waals surface area (Å²) in [5.41, 5.74) is 9.75. The lowest BCUT2D eigenvalue weighted by molar-refractivity contribution is 0.102.